The molecule has 8 unspecified atom stereocenters. The molecule has 3 saturated carbocycles. The third-order valence-electron chi connectivity index (χ3n) is 13.8. The van der Waals surface area contributed by atoms with E-state index in [1.54, 1.807) is 5.57 Å². The van der Waals surface area contributed by atoms with Crippen molar-refractivity contribution in [1.82, 2.24) is 0 Å². The number of nitrogen functional groups attached to an aromatic ring is 2. The first-order valence-electron chi connectivity index (χ1n) is 19.0. The Morgan fingerprint density at radius 2 is 1.46 bits per heavy atom. The lowest BCUT2D eigenvalue weighted by Crippen LogP contribution is -2.51. The third kappa shape index (κ3) is 7.53. The zero-order chi connectivity index (χ0) is 33.3. The van der Waals surface area contributed by atoms with Crippen molar-refractivity contribution in [1.29, 1.82) is 0 Å². The van der Waals surface area contributed by atoms with E-state index in [0.29, 0.717) is 18.3 Å². The number of nitrogens with two attached hydrogens (primary N) is 2. The van der Waals surface area contributed by atoms with Crippen LogP contribution in [0.1, 0.15) is 124 Å². The number of allylic oxidation sites excluding steroid dienone is 1. The molecule has 0 saturated heterocycles. The second-order valence-corrected chi connectivity index (χ2v) is 17.2. The topological polar surface area (TPSA) is 78.3 Å². The number of esters is 1. The summed E-state index contributed by atoms with van der Waals surface area (Å²) in [7, 11) is 0. The minimum atomic E-state index is -0.251. The lowest BCUT2D eigenvalue weighted by Gasteiger charge is -2.58. The molecular weight excluding hydrogens is 588 g/mol. The summed E-state index contributed by atoms with van der Waals surface area (Å²) < 4.78 is 6.42. The van der Waals surface area contributed by atoms with E-state index in [9.17, 15) is 4.79 Å². The average Bonchev–Trinajstić information content (AvgIpc) is 3.40. The van der Waals surface area contributed by atoms with Crippen LogP contribution in [0.15, 0.2) is 60.2 Å². The van der Waals surface area contributed by atoms with Gasteiger partial charge >= 0.3 is 5.97 Å². The van der Waals surface area contributed by atoms with Gasteiger partial charge in [0.25, 0.3) is 0 Å². The first-order chi connectivity index (χ1) is 22.5. The molecule has 4 nitrogen and oxygen atoms in total. The van der Waals surface area contributed by atoms with E-state index in [0.717, 1.165) is 77.3 Å². The lowest BCUT2D eigenvalue weighted by atomic mass is 9.47. The zero-order valence-electron chi connectivity index (χ0n) is 30.0. The number of fused-ring (bicyclic) bond motifs is 5. The quantitative estimate of drug-likeness (QED) is 0.144. The maximum atomic E-state index is 13.9. The normalized spacial score (nSPS) is 31.6. The molecule has 0 aromatic heterocycles. The van der Waals surface area contributed by atoms with Gasteiger partial charge < -0.3 is 16.2 Å². The zero-order valence-corrected chi connectivity index (χ0v) is 30.0. The van der Waals surface area contributed by atoms with Crippen LogP contribution in [-0.4, -0.2) is 12.1 Å². The minimum Gasteiger partial charge on any atom is -0.462 e. The summed E-state index contributed by atoms with van der Waals surface area (Å²) in [5, 5.41) is 0. The van der Waals surface area contributed by atoms with Crippen LogP contribution in [0.3, 0.4) is 0 Å². The fourth-order valence-electron chi connectivity index (χ4n) is 11.1. The molecule has 0 amide bonds. The summed E-state index contributed by atoms with van der Waals surface area (Å²) >= 11 is 0. The summed E-state index contributed by atoms with van der Waals surface area (Å²) in [5.74, 6) is 4.69. The van der Waals surface area contributed by atoms with Crippen molar-refractivity contribution in [2.24, 2.45) is 52.3 Å². The van der Waals surface area contributed by atoms with E-state index >= 15 is 0 Å². The number of carbonyl (C=O) groups excluding carboxylic acids is 1. The summed E-state index contributed by atoms with van der Waals surface area (Å²) in [6.07, 6.45) is 17.9. The first-order valence-corrected chi connectivity index (χ1v) is 19.0. The highest BCUT2D eigenvalue weighted by atomic mass is 16.5. The average molecular weight is 655 g/mol. The monoisotopic (exact) mass is 655 g/mol. The fourth-order valence-corrected chi connectivity index (χ4v) is 11.1. The molecule has 0 aliphatic heterocycles. The van der Waals surface area contributed by atoms with Crippen LogP contribution in [0.2, 0.25) is 0 Å². The molecule has 0 spiro atoms. The molecule has 6 rings (SSSR count). The second-order valence-electron chi connectivity index (χ2n) is 17.2. The van der Waals surface area contributed by atoms with Gasteiger partial charge in [-0.25, -0.2) is 0 Å². The highest BCUT2D eigenvalue weighted by Gasteiger charge is 2.59. The van der Waals surface area contributed by atoms with Crippen LogP contribution in [0.5, 0.6) is 0 Å². The Morgan fingerprint density at radius 3 is 2.06 bits per heavy atom. The molecule has 4 aliphatic rings. The molecule has 8 atom stereocenters. The van der Waals surface area contributed by atoms with Gasteiger partial charge in [0.05, 0.1) is 5.92 Å². The second kappa shape index (κ2) is 15.0. The van der Waals surface area contributed by atoms with Gasteiger partial charge in [0.15, 0.2) is 0 Å². The number of rotatable bonds is 11. The predicted molar refractivity (Wildman–Crippen MR) is 202 cm³/mol. The van der Waals surface area contributed by atoms with E-state index in [1.807, 2.05) is 48.5 Å². The first kappa shape index (κ1) is 36.5. The Hall–Kier alpha value is -2.75. The molecule has 2 aromatic rings. The van der Waals surface area contributed by atoms with Gasteiger partial charge in [0.1, 0.15) is 6.10 Å². The number of anilines is 2. The van der Waals surface area contributed by atoms with Gasteiger partial charge in [-0.15, -0.1) is 0 Å². The predicted octanol–water partition coefficient (Wildman–Crippen LogP) is 10.8. The molecule has 48 heavy (non-hydrogen) atoms. The highest BCUT2D eigenvalue weighted by molar-refractivity contribution is 5.73. The Bertz CT molecular complexity index is 1350. The maximum Gasteiger partial charge on any atom is 0.309 e. The SMILES string of the molecule is C.CC(C)CCCC(C)C1CCC2C3CC=C4CC(OC(=O)C(Cc5ccc(N)cc5)Cc5ccc(N)cc5)CCC4(C)C3CCC12C. The van der Waals surface area contributed by atoms with Gasteiger partial charge in [-0.2, -0.15) is 0 Å². The number of benzene rings is 2. The van der Waals surface area contributed by atoms with Gasteiger partial charge in [0.2, 0.25) is 0 Å². The summed E-state index contributed by atoms with van der Waals surface area (Å²) in [6.45, 7) is 12.6. The fraction of sp³-hybridized carbons (Fsp3) is 0.659. The van der Waals surface area contributed by atoms with Crippen LogP contribution in [0, 0.1) is 52.3 Å². The molecule has 2 aromatic carbocycles. The maximum absolute atomic E-state index is 13.9. The molecule has 0 heterocycles. The summed E-state index contributed by atoms with van der Waals surface area (Å²) in [5.41, 5.74) is 17.9. The highest BCUT2D eigenvalue weighted by Crippen LogP contribution is 2.67. The van der Waals surface area contributed by atoms with Crippen molar-refractivity contribution in [3.63, 3.8) is 0 Å². The van der Waals surface area contributed by atoms with Gasteiger partial charge in [0, 0.05) is 17.8 Å². The number of hydrogen-bond donors (Lipinski definition) is 2. The molecule has 4 N–H and O–H groups in total. The third-order valence-corrected chi connectivity index (χ3v) is 13.8. The molecule has 4 heteroatoms. The lowest BCUT2D eigenvalue weighted by molar-refractivity contribution is -0.156. The van der Waals surface area contributed by atoms with Gasteiger partial charge in [-0.1, -0.05) is 97.2 Å². The van der Waals surface area contributed by atoms with Crippen molar-refractivity contribution >= 4 is 17.3 Å². The van der Waals surface area contributed by atoms with E-state index in [-0.39, 0.29) is 30.8 Å². The number of hydrogen-bond acceptors (Lipinski definition) is 4. The minimum absolute atomic E-state index is 0. The Morgan fingerprint density at radius 1 is 0.833 bits per heavy atom. The van der Waals surface area contributed by atoms with Crippen LogP contribution >= 0.6 is 0 Å². The van der Waals surface area contributed by atoms with Crippen molar-refractivity contribution in [2.45, 2.75) is 132 Å². The van der Waals surface area contributed by atoms with Crippen molar-refractivity contribution < 1.29 is 9.53 Å². The van der Waals surface area contributed by atoms with Gasteiger partial charge in [-0.3, -0.25) is 4.79 Å². The van der Waals surface area contributed by atoms with Crippen LogP contribution in [0.25, 0.3) is 0 Å². The van der Waals surface area contributed by atoms with Crippen molar-refractivity contribution in [3.8, 4) is 0 Å². The van der Waals surface area contributed by atoms with Crippen LogP contribution in [0.4, 0.5) is 11.4 Å². The summed E-state index contributed by atoms with van der Waals surface area (Å²) in [6, 6.07) is 15.8. The molecule has 264 valence electrons. The van der Waals surface area contributed by atoms with Crippen molar-refractivity contribution in [3.05, 3.63) is 71.3 Å². The number of carbonyl (C=O) groups is 1. The van der Waals surface area contributed by atoms with Crippen LogP contribution in [-0.2, 0) is 22.4 Å². The van der Waals surface area contributed by atoms with Crippen molar-refractivity contribution in [2.75, 3.05) is 11.5 Å². The summed E-state index contributed by atoms with van der Waals surface area (Å²) in [4.78, 5) is 13.9. The molecular formula is C44H66N2O2. The molecule has 0 bridgehead atoms. The van der Waals surface area contributed by atoms with E-state index < -0.39 is 0 Å². The Balaban J connectivity index is 0.00000451. The number of ether oxygens (including phenoxy) is 1. The smallest absolute Gasteiger partial charge is 0.309 e. The standard InChI is InChI=1S/C43H62N2O2.CH4/c1-28(2)7-6-8-29(3)38-19-20-39-37-18-13-33-27-36(21-23-42(33,4)40(37)22-24-43(38,39)5)47-41(46)32(25-30-9-14-34(44)15-10-30)26-31-11-16-35(45)17-12-31;/h9-17,28-29,32,36-40H,6-8,18-27,44-45H2,1-5H3;1H4. The van der Waals surface area contributed by atoms with Gasteiger partial charge in [-0.05, 0) is 140 Å². The molecule has 4 aliphatic carbocycles. The van der Waals surface area contributed by atoms with E-state index in [4.69, 9.17) is 16.2 Å². The Labute approximate surface area is 292 Å². The van der Waals surface area contributed by atoms with E-state index in [1.165, 1.54) is 51.4 Å². The van der Waals surface area contributed by atoms with E-state index in [2.05, 4.69) is 40.7 Å². The molecule has 3 fully saturated rings. The molecule has 0 radical (unpaired) electrons. The Kier molecular flexibility index (Phi) is 11.4. The largest absolute Gasteiger partial charge is 0.462 e. The van der Waals surface area contributed by atoms with Crippen LogP contribution < -0.4 is 11.5 Å².